The number of rotatable bonds is 2. The molecule has 1 aromatic heterocycles. The average molecular weight is 229 g/mol. The average Bonchev–Trinajstić information content (AvgIpc) is 2.73. The van der Waals surface area contributed by atoms with E-state index in [1.165, 1.54) is 10.7 Å². The maximum atomic E-state index is 13.6. The summed E-state index contributed by atoms with van der Waals surface area (Å²) < 4.78 is 15.0. The van der Waals surface area contributed by atoms with Gasteiger partial charge in [0.2, 0.25) is 5.69 Å². The Morgan fingerprint density at radius 2 is 2.06 bits per heavy atom. The molecule has 0 atom stereocenters. The molecule has 0 bridgehead atoms. The molecular weight excluding hydrogens is 217 g/mol. The minimum atomic E-state index is -0.346. The number of para-hydroxylation sites is 1. The van der Waals surface area contributed by atoms with Crippen LogP contribution in [-0.4, -0.2) is 9.78 Å². The summed E-state index contributed by atoms with van der Waals surface area (Å²) in [5.41, 5.74) is 1.54. The van der Waals surface area contributed by atoms with Crippen LogP contribution in [-0.2, 0) is 0 Å². The molecule has 17 heavy (non-hydrogen) atoms. The Morgan fingerprint density at radius 1 is 1.35 bits per heavy atom. The molecule has 1 heterocycles. The van der Waals surface area contributed by atoms with Crippen LogP contribution in [0.25, 0.3) is 10.5 Å². The smallest absolute Gasteiger partial charge is 0.228 e. The molecule has 0 unspecified atom stereocenters. The molecule has 1 aromatic carbocycles. The van der Waals surface area contributed by atoms with Crippen molar-refractivity contribution in [1.82, 2.24) is 9.78 Å². The first-order valence-electron chi connectivity index (χ1n) is 5.35. The van der Waals surface area contributed by atoms with Crippen molar-refractivity contribution in [2.75, 3.05) is 0 Å². The van der Waals surface area contributed by atoms with Crippen molar-refractivity contribution in [2.45, 2.75) is 19.8 Å². The van der Waals surface area contributed by atoms with Gasteiger partial charge in [0.05, 0.1) is 18.0 Å². The minimum absolute atomic E-state index is 0.145. The Morgan fingerprint density at radius 3 is 2.59 bits per heavy atom. The summed E-state index contributed by atoms with van der Waals surface area (Å²) in [6, 6.07) is 6.39. The fraction of sp³-hybridized carbons (Fsp3) is 0.231. The molecule has 0 fully saturated rings. The molecule has 0 saturated heterocycles. The predicted molar refractivity (Wildman–Crippen MR) is 63.9 cm³/mol. The number of benzene rings is 1. The molecule has 2 aromatic rings. The van der Waals surface area contributed by atoms with Crippen LogP contribution in [0.4, 0.5) is 10.1 Å². The van der Waals surface area contributed by atoms with E-state index in [1.54, 1.807) is 24.4 Å². The normalized spacial score (nSPS) is 10.5. The standard InChI is InChI=1S/C13H12FN3/c1-9(2)13-11(15-3)8-17(16-13)12-7-5-4-6-10(12)14/h4-9H,1-2H3. The van der Waals surface area contributed by atoms with Gasteiger partial charge in [0, 0.05) is 6.20 Å². The van der Waals surface area contributed by atoms with E-state index < -0.39 is 0 Å². The highest BCUT2D eigenvalue weighted by molar-refractivity contribution is 5.51. The highest BCUT2D eigenvalue weighted by Gasteiger charge is 2.14. The number of hydrogen-bond donors (Lipinski definition) is 0. The van der Waals surface area contributed by atoms with Gasteiger partial charge >= 0.3 is 0 Å². The lowest BCUT2D eigenvalue weighted by molar-refractivity contribution is 0.608. The zero-order chi connectivity index (χ0) is 12.4. The second kappa shape index (κ2) is 4.38. The molecule has 86 valence electrons. The fourth-order valence-corrected chi connectivity index (χ4v) is 1.64. The van der Waals surface area contributed by atoms with Gasteiger partial charge in [0.1, 0.15) is 5.82 Å². The summed E-state index contributed by atoms with van der Waals surface area (Å²) in [5, 5.41) is 4.27. The first-order valence-corrected chi connectivity index (χ1v) is 5.35. The predicted octanol–water partition coefficient (Wildman–Crippen LogP) is 3.69. The number of nitrogens with zero attached hydrogens (tertiary/aromatic N) is 3. The molecule has 0 aliphatic rings. The zero-order valence-corrected chi connectivity index (χ0v) is 9.68. The van der Waals surface area contributed by atoms with Gasteiger partial charge in [-0.2, -0.15) is 5.10 Å². The van der Waals surface area contributed by atoms with E-state index in [4.69, 9.17) is 6.57 Å². The Balaban J connectivity index is 2.56. The van der Waals surface area contributed by atoms with Crippen molar-refractivity contribution in [3.63, 3.8) is 0 Å². The lowest BCUT2D eigenvalue weighted by atomic mass is 10.1. The van der Waals surface area contributed by atoms with Crippen LogP contribution in [0, 0.1) is 12.4 Å². The van der Waals surface area contributed by atoms with Crippen molar-refractivity contribution in [2.24, 2.45) is 0 Å². The van der Waals surface area contributed by atoms with E-state index in [1.807, 2.05) is 13.8 Å². The zero-order valence-electron chi connectivity index (χ0n) is 9.68. The molecule has 4 heteroatoms. The third-order valence-electron chi connectivity index (χ3n) is 2.49. The summed E-state index contributed by atoms with van der Waals surface area (Å²) >= 11 is 0. The molecule has 0 spiro atoms. The maximum Gasteiger partial charge on any atom is 0.228 e. The van der Waals surface area contributed by atoms with Crippen molar-refractivity contribution >= 4 is 5.69 Å². The van der Waals surface area contributed by atoms with Crippen LogP contribution in [0.5, 0.6) is 0 Å². The highest BCUT2D eigenvalue weighted by Crippen LogP contribution is 2.27. The van der Waals surface area contributed by atoms with Gasteiger partial charge in [-0.3, -0.25) is 0 Å². The monoisotopic (exact) mass is 229 g/mol. The molecular formula is C13H12FN3. The van der Waals surface area contributed by atoms with E-state index in [-0.39, 0.29) is 11.7 Å². The Labute approximate surface area is 99.3 Å². The second-order valence-corrected chi connectivity index (χ2v) is 4.06. The lowest BCUT2D eigenvalue weighted by Crippen LogP contribution is -1.99. The van der Waals surface area contributed by atoms with Crippen LogP contribution in [0.1, 0.15) is 25.5 Å². The number of aromatic nitrogens is 2. The molecule has 0 N–H and O–H groups in total. The quantitative estimate of drug-likeness (QED) is 0.720. The molecule has 0 aliphatic carbocycles. The van der Waals surface area contributed by atoms with E-state index in [9.17, 15) is 4.39 Å². The van der Waals surface area contributed by atoms with E-state index in [0.717, 1.165) is 0 Å². The van der Waals surface area contributed by atoms with E-state index >= 15 is 0 Å². The van der Waals surface area contributed by atoms with Gasteiger partial charge in [-0.1, -0.05) is 26.0 Å². The Bertz CT molecular complexity index is 579. The molecule has 0 amide bonds. The summed E-state index contributed by atoms with van der Waals surface area (Å²) in [5.74, 6) is -0.200. The molecule has 2 rings (SSSR count). The topological polar surface area (TPSA) is 22.2 Å². The fourth-order valence-electron chi connectivity index (χ4n) is 1.64. The first kappa shape index (κ1) is 11.3. The SMILES string of the molecule is [C-]#[N+]c1cn(-c2ccccc2F)nc1C(C)C. The van der Waals surface area contributed by atoms with Crippen LogP contribution < -0.4 is 0 Å². The maximum absolute atomic E-state index is 13.6. The van der Waals surface area contributed by atoms with Crippen LogP contribution in [0.2, 0.25) is 0 Å². The van der Waals surface area contributed by atoms with E-state index in [0.29, 0.717) is 17.1 Å². The van der Waals surface area contributed by atoms with Gasteiger partial charge in [0.15, 0.2) is 0 Å². The van der Waals surface area contributed by atoms with Crippen molar-refractivity contribution in [1.29, 1.82) is 0 Å². The van der Waals surface area contributed by atoms with Crippen molar-refractivity contribution < 1.29 is 4.39 Å². The first-order chi connectivity index (χ1) is 8.13. The third-order valence-corrected chi connectivity index (χ3v) is 2.49. The number of halogens is 1. The Hall–Kier alpha value is -2.15. The largest absolute Gasteiger partial charge is 0.249 e. The van der Waals surface area contributed by atoms with E-state index in [2.05, 4.69) is 9.94 Å². The van der Waals surface area contributed by atoms with Crippen molar-refractivity contribution in [3.05, 3.63) is 53.4 Å². The van der Waals surface area contributed by atoms with Crippen LogP contribution in [0.15, 0.2) is 30.5 Å². The molecule has 0 aliphatic heterocycles. The third kappa shape index (κ3) is 2.04. The molecule has 0 radical (unpaired) electrons. The molecule has 3 nitrogen and oxygen atoms in total. The van der Waals surface area contributed by atoms with Crippen LogP contribution in [0.3, 0.4) is 0 Å². The highest BCUT2D eigenvalue weighted by atomic mass is 19.1. The van der Waals surface area contributed by atoms with Gasteiger partial charge in [0.25, 0.3) is 0 Å². The van der Waals surface area contributed by atoms with Gasteiger partial charge in [-0.15, -0.1) is 0 Å². The van der Waals surface area contributed by atoms with Gasteiger partial charge < -0.3 is 0 Å². The summed E-state index contributed by atoms with van der Waals surface area (Å²) in [6.45, 7) is 11.0. The molecule has 0 saturated carbocycles. The second-order valence-electron chi connectivity index (χ2n) is 4.06. The van der Waals surface area contributed by atoms with Crippen molar-refractivity contribution in [3.8, 4) is 5.69 Å². The summed E-state index contributed by atoms with van der Waals surface area (Å²) in [6.07, 6.45) is 1.57. The minimum Gasteiger partial charge on any atom is -0.249 e. The van der Waals surface area contributed by atoms with Gasteiger partial charge in [-0.05, 0) is 18.1 Å². The summed E-state index contributed by atoms with van der Waals surface area (Å²) in [7, 11) is 0. The number of hydrogen-bond acceptors (Lipinski definition) is 1. The lowest BCUT2D eigenvalue weighted by Gasteiger charge is -2.03. The van der Waals surface area contributed by atoms with Crippen LogP contribution >= 0.6 is 0 Å². The summed E-state index contributed by atoms with van der Waals surface area (Å²) in [4.78, 5) is 3.41. The Kier molecular flexibility index (Phi) is 2.92. The van der Waals surface area contributed by atoms with Gasteiger partial charge in [-0.25, -0.2) is 13.9 Å².